The molecule has 0 saturated carbocycles. The average Bonchev–Trinajstić information content (AvgIpc) is 2.32. The van der Waals surface area contributed by atoms with Crippen molar-refractivity contribution in [2.24, 2.45) is 11.8 Å². The van der Waals surface area contributed by atoms with Gasteiger partial charge in [-0.1, -0.05) is 46.8 Å². The minimum Gasteiger partial charge on any atom is -0.493 e. The number of hydrogen-bond acceptors (Lipinski definition) is 3. The third-order valence-corrected chi connectivity index (χ3v) is 4.72. The summed E-state index contributed by atoms with van der Waals surface area (Å²) in [4.78, 5) is 0. The van der Waals surface area contributed by atoms with Crippen LogP contribution in [0.5, 0.6) is 5.75 Å². The minimum absolute atomic E-state index is 0.0519. The van der Waals surface area contributed by atoms with E-state index in [1.807, 2.05) is 32.0 Å². The molecular weight excluding hydrogens is 308 g/mol. The molecular formula is C16H25ClO3S. The van der Waals surface area contributed by atoms with E-state index in [-0.39, 0.29) is 23.0 Å². The van der Waals surface area contributed by atoms with Crippen LogP contribution in [0.25, 0.3) is 0 Å². The fraction of sp³-hybridized carbons (Fsp3) is 0.625. The van der Waals surface area contributed by atoms with Gasteiger partial charge in [-0.3, -0.25) is 0 Å². The zero-order valence-electron chi connectivity index (χ0n) is 13.4. The third kappa shape index (κ3) is 6.70. The van der Waals surface area contributed by atoms with E-state index >= 15 is 0 Å². The quantitative estimate of drug-likeness (QED) is 0.733. The van der Waals surface area contributed by atoms with E-state index in [2.05, 4.69) is 26.8 Å². The Kier molecular flexibility index (Phi) is 6.11. The zero-order chi connectivity index (χ0) is 16.3. The summed E-state index contributed by atoms with van der Waals surface area (Å²) in [5.74, 6) is 0.765. The highest BCUT2D eigenvalue weighted by molar-refractivity contribution is 8.13. The second-order valence-corrected chi connectivity index (χ2v) is 9.62. The maximum Gasteiger partial charge on any atom is 0.233 e. The molecule has 0 aliphatic rings. The molecule has 0 heterocycles. The summed E-state index contributed by atoms with van der Waals surface area (Å²) in [6.07, 6.45) is 0. The lowest BCUT2D eigenvalue weighted by Crippen LogP contribution is -2.24. The normalized spacial score (nSPS) is 14.2. The molecule has 0 bridgehead atoms. The highest BCUT2D eigenvalue weighted by Gasteiger charge is 2.21. The van der Waals surface area contributed by atoms with E-state index in [9.17, 15) is 8.42 Å². The summed E-state index contributed by atoms with van der Waals surface area (Å²) in [7, 11) is 1.84. The van der Waals surface area contributed by atoms with Gasteiger partial charge in [0, 0.05) is 16.6 Å². The Morgan fingerprint density at radius 3 is 2.33 bits per heavy atom. The Hall–Kier alpha value is -0.740. The van der Waals surface area contributed by atoms with Gasteiger partial charge in [0.2, 0.25) is 9.05 Å². The molecule has 21 heavy (non-hydrogen) atoms. The molecule has 0 aliphatic carbocycles. The van der Waals surface area contributed by atoms with Gasteiger partial charge in [0.15, 0.2) is 0 Å². The van der Waals surface area contributed by atoms with Gasteiger partial charge in [0.25, 0.3) is 0 Å². The minimum atomic E-state index is -3.51. The second-order valence-electron chi connectivity index (χ2n) is 6.80. The van der Waals surface area contributed by atoms with Crippen molar-refractivity contribution >= 4 is 19.7 Å². The van der Waals surface area contributed by atoms with Gasteiger partial charge >= 0.3 is 0 Å². The smallest absolute Gasteiger partial charge is 0.233 e. The molecule has 0 radical (unpaired) electrons. The van der Waals surface area contributed by atoms with Gasteiger partial charge in [-0.05, 0) is 29.0 Å². The maximum atomic E-state index is 11.3. The van der Waals surface area contributed by atoms with Crippen molar-refractivity contribution in [2.45, 2.75) is 40.0 Å². The second kappa shape index (κ2) is 7.01. The summed E-state index contributed by atoms with van der Waals surface area (Å²) in [5, 5.41) is 0. The van der Waals surface area contributed by atoms with Crippen molar-refractivity contribution in [3.63, 3.8) is 0 Å². The Labute approximate surface area is 133 Å². The van der Waals surface area contributed by atoms with Crippen molar-refractivity contribution in [2.75, 3.05) is 12.4 Å². The highest BCUT2D eigenvalue weighted by atomic mass is 35.7. The van der Waals surface area contributed by atoms with Crippen LogP contribution in [0.2, 0.25) is 0 Å². The van der Waals surface area contributed by atoms with Gasteiger partial charge in [0.05, 0.1) is 12.4 Å². The average molecular weight is 333 g/mol. The van der Waals surface area contributed by atoms with Crippen molar-refractivity contribution in [1.29, 1.82) is 0 Å². The number of benzene rings is 1. The molecule has 1 aromatic rings. The Bertz CT molecular complexity index is 559. The molecule has 1 rings (SSSR count). The largest absolute Gasteiger partial charge is 0.493 e. The van der Waals surface area contributed by atoms with Crippen LogP contribution >= 0.6 is 10.7 Å². The predicted molar refractivity (Wildman–Crippen MR) is 88.6 cm³/mol. The summed E-state index contributed by atoms with van der Waals surface area (Å²) in [5.41, 5.74) is 1.24. The van der Waals surface area contributed by atoms with E-state index in [4.69, 9.17) is 15.4 Å². The zero-order valence-corrected chi connectivity index (χ0v) is 15.0. The maximum absolute atomic E-state index is 11.3. The van der Waals surface area contributed by atoms with Crippen LogP contribution < -0.4 is 4.74 Å². The van der Waals surface area contributed by atoms with Crippen LogP contribution in [0.15, 0.2) is 24.3 Å². The number of halogens is 1. The van der Waals surface area contributed by atoms with E-state index < -0.39 is 9.05 Å². The van der Waals surface area contributed by atoms with Gasteiger partial charge in [-0.25, -0.2) is 8.42 Å². The lowest BCUT2D eigenvalue weighted by Gasteiger charge is -2.22. The van der Waals surface area contributed by atoms with Crippen LogP contribution in [0.4, 0.5) is 0 Å². The van der Waals surface area contributed by atoms with E-state index in [0.717, 1.165) is 5.75 Å². The molecule has 1 atom stereocenters. The van der Waals surface area contributed by atoms with Gasteiger partial charge in [-0.15, -0.1) is 0 Å². The molecule has 1 unspecified atom stereocenters. The molecule has 0 spiro atoms. The molecule has 0 fully saturated rings. The third-order valence-electron chi connectivity index (χ3n) is 3.52. The summed E-state index contributed by atoms with van der Waals surface area (Å²) in [6, 6.07) is 7.92. The molecule has 0 saturated heterocycles. The standard InChI is InChI=1S/C16H25ClO3S/c1-12(2)13(11-21(17,18)19)10-20-15-8-6-7-14(9-15)16(3,4)5/h6-9,12-13H,10-11H2,1-5H3. The number of ether oxygens (including phenoxy) is 1. The molecule has 1 aromatic carbocycles. The van der Waals surface area contributed by atoms with Crippen molar-refractivity contribution < 1.29 is 13.2 Å². The molecule has 5 heteroatoms. The molecule has 0 N–H and O–H groups in total. The Morgan fingerprint density at radius 1 is 1.24 bits per heavy atom. The first-order chi connectivity index (χ1) is 9.49. The topological polar surface area (TPSA) is 43.4 Å². The molecule has 0 amide bonds. The molecule has 3 nitrogen and oxygen atoms in total. The lowest BCUT2D eigenvalue weighted by molar-refractivity contribution is 0.225. The van der Waals surface area contributed by atoms with Gasteiger partial charge in [0.1, 0.15) is 5.75 Å². The predicted octanol–water partition coefficient (Wildman–Crippen LogP) is 4.20. The number of hydrogen-bond donors (Lipinski definition) is 0. The van der Waals surface area contributed by atoms with E-state index in [0.29, 0.717) is 6.61 Å². The van der Waals surface area contributed by atoms with Crippen molar-refractivity contribution in [1.82, 2.24) is 0 Å². The van der Waals surface area contributed by atoms with Gasteiger partial charge in [-0.2, -0.15) is 0 Å². The summed E-state index contributed by atoms with van der Waals surface area (Å²) in [6.45, 7) is 10.7. The van der Waals surface area contributed by atoms with Crippen LogP contribution in [-0.4, -0.2) is 20.8 Å². The van der Waals surface area contributed by atoms with E-state index in [1.54, 1.807) is 0 Å². The number of rotatable bonds is 6. The Balaban J connectivity index is 2.77. The summed E-state index contributed by atoms with van der Waals surface area (Å²) < 4.78 is 28.3. The molecule has 120 valence electrons. The fourth-order valence-electron chi connectivity index (χ4n) is 1.94. The van der Waals surface area contributed by atoms with Crippen molar-refractivity contribution in [3.05, 3.63) is 29.8 Å². The molecule has 0 aromatic heterocycles. The van der Waals surface area contributed by atoms with Crippen LogP contribution in [0.3, 0.4) is 0 Å². The first-order valence-corrected chi connectivity index (χ1v) is 9.62. The van der Waals surface area contributed by atoms with Crippen LogP contribution in [-0.2, 0) is 14.5 Å². The fourth-order valence-corrected chi connectivity index (χ4v) is 3.42. The molecule has 0 aliphatic heterocycles. The highest BCUT2D eigenvalue weighted by Crippen LogP contribution is 2.26. The van der Waals surface area contributed by atoms with Crippen LogP contribution in [0.1, 0.15) is 40.2 Å². The first kappa shape index (κ1) is 18.3. The monoisotopic (exact) mass is 332 g/mol. The van der Waals surface area contributed by atoms with Crippen molar-refractivity contribution in [3.8, 4) is 5.75 Å². The van der Waals surface area contributed by atoms with E-state index in [1.165, 1.54) is 5.56 Å². The van der Waals surface area contributed by atoms with Crippen LogP contribution in [0, 0.1) is 11.8 Å². The van der Waals surface area contributed by atoms with Gasteiger partial charge < -0.3 is 4.74 Å². The SMILES string of the molecule is CC(C)C(COc1cccc(C(C)(C)C)c1)CS(=O)(=O)Cl. The lowest BCUT2D eigenvalue weighted by atomic mass is 9.87. The summed E-state index contributed by atoms with van der Waals surface area (Å²) >= 11 is 0. The Morgan fingerprint density at radius 2 is 1.86 bits per heavy atom. The first-order valence-electron chi connectivity index (χ1n) is 7.15.